The molecule has 1 aliphatic carbocycles. The molecule has 0 unspecified atom stereocenters. The number of rotatable bonds is 4. The van der Waals surface area contributed by atoms with Gasteiger partial charge >= 0.3 is 5.97 Å². The van der Waals surface area contributed by atoms with Crippen molar-refractivity contribution >= 4 is 23.2 Å². The summed E-state index contributed by atoms with van der Waals surface area (Å²) in [7, 11) is 1.31. The molecular formula is C17H17NO5. The highest BCUT2D eigenvalue weighted by atomic mass is 16.5. The smallest absolute Gasteiger partial charge is 0.337 e. The Kier molecular flexibility index (Phi) is 5.30. The lowest BCUT2D eigenvalue weighted by atomic mass is 9.91. The normalized spacial score (nSPS) is 14.9. The number of hydrogen-bond acceptors (Lipinski definition) is 6. The fourth-order valence-electron chi connectivity index (χ4n) is 2.22. The number of benzene rings is 1. The summed E-state index contributed by atoms with van der Waals surface area (Å²) in [4.78, 5) is 34.6. The van der Waals surface area contributed by atoms with Crippen LogP contribution in [0.4, 0.5) is 5.69 Å². The highest BCUT2D eigenvalue weighted by Crippen LogP contribution is 2.19. The highest BCUT2D eigenvalue weighted by molar-refractivity contribution is 6.22. The summed E-state index contributed by atoms with van der Waals surface area (Å²) in [5, 5.41) is 12.8. The van der Waals surface area contributed by atoms with E-state index in [-0.39, 0.29) is 35.7 Å². The maximum Gasteiger partial charge on any atom is 0.337 e. The summed E-state index contributed by atoms with van der Waals surface area (Å²) < 4.78 is 4.60. The van der Waals surface area contributed by atoms with Crippen molar-refractivity contribution in [2.24, 2.45) is 0 Å². The molecule has 1 aliphatic rings. The Morgan fingerprint density at radius 3 is 2.35 bits per heavy atom. The molecule has 0 radical (unpaired) electrons. The van der Waals surface area contributed by atoms with E-state index in [1.165, 1.54) is 19.4 Å². The van der Waals surface area contributed by atoms with E-state index < -0.39 is 5.97 Å². The molecule has 120 valence electrons. The molecule has 0 amide bonds. The zero-order valence-corrected chi connectivity index (χ0v) is 12.7. The number of aliphatic hydroxyl groups excluding tert-OH is 1. The Morgan fingerprint density at radius 2 is 1.78 bits per heavy atom. The van der Waals surface area contributed by atoms with Crippen molar-refractivity contribution in [1.82, 2.24) is 0 Å². The lowest BCUT2D eigenvalue weighted by Crippen LogP contribution is -2.20. The van der Waals surface area contributed by atoms with E-state index in [4.69, 9.17) is 0 Å². The minimum Gasteiger partial charge on any atom is -0.507 e. The summed E-state index contributed by atoms with van der Waals surface area (Å²) in [6.45, 7) is 0. The molecule has 1 aromatic rings. The van der Waals surface area contributed by atoms with Crippen LogP contribution in [-0.2, 0) is 14.3 Å². The van der Waals surface area contributed by atoms with E-state index in [1.54, 1.807) is 24.3 Å². The van der Waals surface area contributed by atoms with Gasteiger partial charge in [-0.3, -0.25) is 9.59 Å². The van der Waals surface area contributed by atoms with Crippen LogP contribution in [0.3, 0.4) is 0 Å². The number of esters is 1. The summed E-state index contributed by atoms with van der Waals surface area (Å²) >= 11 is 0. The van der Waals surface area contributed by atoms with E-state index in [0.29, 0.717) is 17.7 Å². The first-order valence-corrected chi connectivity index (χ1v) is 7.14. The zero-order valence-electron chi connectivity index (χ0n) is 12.7. The highest BCUT2D eigenvalue weighted by Gasteiger charge is 2.25. The molecule has 0 spiro atoms. The minimum absolute atomic E-state index is 0.129. The summed E-state index contributed by atoms with van der Waals surface area (Å²) in [6.07, 6.45) is 3.78. The lowest BCUT2D eigenvalue weighted by Gasteiger charge is -2.12. The van der Waals surface area contributed by atoms with Crippen LogP contribution in [0.25, 0.3) is 0 Å². The molecule has 0 heterocycles. The van der Waals surface area contributed by atoms with Gasteiger partial charge in [0.05, 0.1) is 12.7 Å². The van der Waals surface area contributed by atoms with Crippen LogP contribution in [0.5, 0.6) is 0 Å². The van der Waals surface area contributed by atoms with Gasteiger partial charge in [-0.1, -0.05) is 0 Å². The molecule has 0 saturated heterocycles. The monoisotopic (exact) mass is 315 g/mol. The van der Waals surface area contributed by atoms with Gasteiger partial charge in [0.25, 0.3) is 0 Å². The fourth-order valence-corrected chi connectivity index (χ4v) is 2.22. The molecule has 1 saturated carbocycles. The predicted molar refractivity (Wildman–Crippen MR) is 84.1 cm³/mol. The SMILES string of the molecule is COC(=O)c1ccc(NC=CC(O)=C2C(=O)CCCC2=O)cc1. The molecule has 6 heteroatoms. The topological polar surface area (TPSA) is 92.7 Å². The van der Waals surface area contributed by atoms with Gasteiger partial charge in [0.1, 0.15) is 11.3 Å². The van der Waals surface area contributed by atoms with Gasteiger partial charge in [0.15, 0.2) is 11.6 Å². The van der Waals surface area contributed by atoms with E-state index in [0.717, 1.165) is 0 Å². The van der Waals surface area contributed by atoms with Crippen molar-refractivity contribution < 1.29 is 24.2 Å². The minimum atomic E-state index is -0.427. The van der Waals surface area contributed by atoms with E-state index in [1.807, 2.05) is 0 Å². The third kappa shape index (κ3) is 4.06. The molecule has 0 aliphatic heterocycles. The van der Waals surface area contributed by atoms with Crippen molar-refractivity contribution in [3.05, 3.63) is 53.4 Å². The van der Waals surface area contributed by atoms with E-state index >= 15 is 0 Å². The number of methoxy groups -OCH3 is 1. The molecule has 0 bridgehead atoms. The Morgan fingerprint density at radius 1 is 1.17 bits per heavy atom. The Balaban J connectivity index is 2.05. The van der Waals surface area contributed by atoms with Crippen LogP contribution in [-0.4, -0.2) is 29.8 Å². The molecule has 23 heavy (non-hydrogen) atoms. The first-order chi connectivity index (χ1) is 11.0. The Hall–Kier alpha value is -2.89. The van der Waals surface area contributed by atoms with Gasteiger partial charge in [-0.05, 0) is 36.8 Å². The number of carbonyl (C=O) groups is 3. The summed E-state index contributed by atoms with van der Waals surface area (Å²) in [5.74, 6) is -1.42. The van der Waals surface area contributed by atoms with Crippen molar-refractivity contribution in [2.75, 3.05) is 12.4 Å². The van der Waals surface area contributed by atoms with Crippen LogP contribution in [0.1, 0.15) is 29.6 Å². The number of carbonyl (C=O) groups excluding carboxylic acids is 3. The Bertz CT molecular complexity index is 667. The van der Waals surface area contributed by atoms with Crippen LogP contribution in [0, 0.1) is 0 Å². The third-order valence-corrected chi connectivity index (χ3v) is 3.42. The predicted octanol–water partition coefficient (Wildman–Crippen LogP) is 2.53. The van der Waals surface area contributed by atoms with Crippen molar-refractivity contribution in [3.63, 3.8) is 0 Å². The zero-order chi connectivity index (χ0) is 16.8. The maximum absolute atomic E-state index is 11.7. The standard InChI is InChI=1S/C17H17NO5/c1-23-17(22)11-5-7-12(8-6-11)18-10-9-15(21)16-13(19)3-2-4-14(16)20/h5-10,18,21H,2-4H2,1H3. The Labute approximate surface area is 133 Å². The molecule has 1 fully saturated rings. The van der Waals surface area contributed by atoms with E-state index in [9.17, 15) is 19.5 Å². The number of aliphatic hydroxyl groups is 1. The second kappa shape index (κ2) is 7.40. The number of Topliss-reactive ketones (excluding diaryl/α,β-unsaturated/α-hetero) is 2. The number of allylic oxidation sites excluding steroid dienone is 2. The van der Waals surface area contributed by atoms with Crippen LogP contribution >= 0.6 is 0 Å². The van der Waals surface area contributed by atoms with E-state index in [2.05, 4.69) is 10.1 Å². The second-order valence-corrected chi connectivity index (χ2v) is 5.01. The largest absolute Gasteiger partial charge is 0.507 e. The molecule has 2 rings (SSSR count). The number of anilines is 1. The van der Waals surface area contributed by atoms with Gasteiger partial charge in [-0.15, -0.1) is 0 Å². The summed E-state index contributed by atoms with van der Waals surface area (Å²) in [5.41, 5.74) is 0.966. The van der Waals surface area contributed by atoms with Crippen molar-refractivity contribution in [3.8, 4) is 0 Å². The fraction of sp³-hybridized carbons (Fsp3) is 0.235. The van der Waals surface area contributed by atoms with Gasteiger partial charge < -0.3 is 15.2 Å². The van der Waals surface area contributed by atoms with Gasteiger partial charge in [-0.25, -0.2) is 4.79 Å². The van der Waals surface area contributed by atoms with Gasteiger partial charge in [0.2, 0.25) is 0 Å². The maximum atomic E-state index is 11.7. The molecule has 0 aromatic heterocycles. The average Bonchev–Trinajstić information content (AvgIpc) is 2.54. The van der Waals surface area contributed by atoms with Crippen LogP contribution in [0.2, 0.25) is 0 Å². The van der Waals surface area contributed by atoms with Crippen molar-refractivity contribution in [1.29, 1.82) is 0 Å². The molecule has 6 nitrogen and oxygen atoms in total. The molecular weight excluding hydrogens is 298 g/mol. The third-order valence-electron chi connectivity index (χ3n) is 3.42. The number of ketones is 2. The summed E-state index contributed by atoms with van der Waals surface area (Å²) in [6, 6.07) is 6.51. The van der Waals surface area contributed by atoms with Crippen molar-refractivity contribution in [2.45, 2.75) is 19.3 Å². The molecule has 0 atom stereocenters. The van der Waals surface area contributed by atoms with Crippen LogP contribution in [0.15, 0.2) is 47.9 Å². The van der Waals surface area contributed by atoms with Crippen LogP contribution < -0.4 is 5.32 Å². The number of nitrogens with one attached hydrogen (secondary N) is 1. The number of hydrogen-bond donors (Lipinski definition) is 2. The first-order valence-electron chi connectivity index (χ1n) is 7.14. The quantitative estimate of drug-likeness (QED) is 0.384. The number of ether oxygens (including phenoxy) is 1. The second-order valence-electron chi connectivity index (χ2n) is 5.01. The molecule has 2 N–H and O–H groups in total. The lowest BCUT2D eigenvalue weighted by molar-refractivity contribution is -0.124. The van der Waals surface area contributed by atoms with Gasteiger partial charge in [-0.2, -0.15) is 0 Å². The van der Waals surface area contributed by atoms with Gasteiger partial charge in [0, 0.05) is 24.7 Å². The average molecular weight is 315 g/mol. The first kappa shape index (κ1) is 16.5. The molecule has 1 aromatic carbocycles.